The zero-order chi connectivity index (χ0) is 13.8. The first-order valence-electron chi connectivity index (χ1n) is 7.76. The van der Waals surface area contributed by atoms with Crippen LogP contribution in [0, 0.1) is 5.92 Å². The molecule has 0 N–H and O–H groups in total. The van der Waals surface area contributed by atoms with Crippen LogP contribution >= 0.6 is 0 Å². The van der Waals surface area contributed by atoms with Gasteiger partial charge in [0, 0.05) is 12.5 Å². The third-order valence-electron chi connectivity index (χ3n) is 4.36. The zero-order valence-corrected chi connectivity index (χ0v) is 11.9. The summed E-state index contributed by atoms with van der Waals surface area (Å²) in [6, 6.07) is 5.56. The third kappa shape index (κ3) is 3.14. The van der Waals surface area contributed by atoms with E-state index in [-0.39, 0.29) is 5.78 Å². The van der Waals surface area contributed by atoms with E-state index in [1.807, 2.05) is 18.2 Å². The number of hydrogen-bond acceptors (Lipinski definition) is 3. The van der Waals surface area contributed by atoms with Crippen LogP contribution < -0.4 is 9.47 Å². The molecule has 0 atom stereocenters. The van der Waals surface area contributed by atoms with Crippen LogP contribution in [0.2, 0.25) is 0 Å². The van der Waals surface area contributed by atoms with Gasteiger partial charge in [-0.05, 0) is 24.5 Å². The highest BCUT2D eigenvalue weighted by Gasteiger charge is 2.19. The summed E-state index contributed by atoms with van der Waals surface area (Å²) in [5.74, 6) is 2.49. The van der Waals surface area contributed by atoms with Gasteiger partial charge in [-0.15, -0.1) is 0 Å². The lowest BCUT2D eigenvalue weighted by Gasteiger charge is -2.21. The molecule has 1 aliphatic heterocycles. The van der Waals surface area contributed by atoms with Crippen molar-refractivity contribution < 1.29 is 14.3 Å². The molecule has 1 aromatic rings. The predicted octanol–water partition coefficient (Wildman–Crippen LogP) is 4.00. The molecular formula is C17H22O3. The SMILES string of the molecule is O=C1CCOc2cc(OCCC3CCCCC3)ccc21. The Bertz CT molecular complexity index is 475. The number of Topliss-reactive ketones (excluding diaryl/α,β-unsaturated/α-hetero) is 1. The lowest BCUT2D eigenvalue weighted by molar-refractivity contribution is 0.0933. The maximum Gasteiger partial charge on any atom is 0.169 e. The molecule has 0 aromatic heterocycles. The van der Waals surface area contributed by atoms with Crippen molar-refractivity contribution in [1.82, 2.24) is 0 Å². The fourth-order valence-electron chi connectivity index (χ4n) is 3.15. The van der Waals surface area contributed by atoms with Crippen molar-refractivity contribution in [3.8, 4) is 11.5 Å². The molecule has 3 heteroatoms. The standard InChI is InChI=1S/C17H22O3/c18-16-9-11-20-17-12-14(6-7-15(16)17)19-10-8-13-4-2-1-3-5-13/h6-7,12-13H,1-5,8-11H2. The number of hydrogen-bond donors (Lipinski definition) is 0. The largest absolute Gasteiger partial charge is 0.493 e. The van der Waals surface area contributed by atoms with E-state index in [4.69, 9.17) is 9.47 Å². The van der Waals surface area contributed by atoms with Crippen LogP contribution in [0.3, 0.4) is 0 Å². The summed E-state index contributed by atoms with van der Waals surface area (Å²) in [4.78, 5) is 11.7. The fraction of sp³-hybridized carbons (Fsp3) is 0.588. The Balaban J connectivity index is 1.54. The van der Waals surface area contributed by atoms with Gasteiger partial charge in [0.15, 0.2) is 5.78 Å². The number of ether oxygens (including phenoxy) is 2. The summed E-state index contributed by atoms with van der Waals surface area (Å²) in [6.07, 6.45) is 8.47. The van der Waals surface area contributed by atoms with Gasteiger partial charge >= 0.3 is 0 Å². The van der Waals surface area contributed by atoms with Crippen LogP contribution in [0.25, 0.3) is 0 Å². The molecule has 0 spiro atoms. The van der Waals surface area contributed by atoms with Crippen molar-refractivity contribution in [3.05, 3.63) is 23.8 Å². The topological polar surface area (TPSA) is 35.5 Å². The van der Waals surface area contributed by atoms with Gasteiger partial charge in [0.05, 0.1) is 18.8 Å². The van der Waals surface area contributed by atoms with Gasteiger partial charge in [-0.2, -0.15) is 0 Å². The molecule has 0 saturated heterocycles. The molecule has 0 unspecified atom stereocenters. The Morgan fingerprint density at radius 2 is 2.05 bits per heavy atom. The number of carbonyl (C=O) groups is 1. The van der Waals surface area contributed by atoms with Crippen LogP contribution in [0.15, 0.2) is 18.2 Å². The van der Waals surface area contributed by atoms with E-state index >= 15 is 0 Å². The average Bonchev–Trinajstić information content (AvgIpc) is 2.48. The average molecular weight is 274 g/mol. The van der Waals surface area contributed by atoms with E-state index in [1.165, 1.54) is 32.1 Å². The van der Waals surface area contributed by atoms with Crippen molar-refractivity contribution in [2.24, 2.45) is 5.92 Å². The van der Waals surface area contributed by atoms with E-state index in [9.17, 15) is 4.79 Å². The second-order valence-corrected chi connectivity index (χ2v) is 5.82. The Kier molecular flexibility index (Phi) is 4.24. The molecule has 1 aromatic carbocycles. The Morgan fingerprint density at radius 3 is 2.90 bits per heavy atom. The first kappa shape index (κ1) is 13.5. The molecule has 108 valence electrons. The molecule has 1 heterocycles. The Morgan fingerprint density at radius 1 is 1.20 bits per heavy atom. The van der Waals surface area contributed by atoms with E-state index in [1.54, 1.807) is 0 Å². The molecule has 2 aliphatic rings. The Hall–Kier alpha value is -1.51. The predicted molar refractivity (Wildman–Crippen MR) is 77.6 cm³/mol. The van der Waals surface area contributed by atoms with E-state index in [0.717, 1.165) is 24.7 Å². The minimum atomic E-state index is 0.167. The molecule has 0 radical (unpaired) electrons. The summed E-state index contributed by atoms with van der Waals surface area (Å²) in [5.41, 5.74) is 0.691. The molecule has 0 bridgehead atoms. The monoisotopic (exact) mass is 274 g/mol. The van der Waals surface area contributed by atoms with Crippen molar-refractivity contribution in [1.29, 1.82) is 0 Å². The first-order chi connectivity index (χ1) is 9.83. The zero-order valence-electron chi connectivity index (χ0n) is 11.9. The van der Waals surface area contributed by atoms with Crippen LogP contribution in [-0.2, 0) is 0 Å². The van der Waals surface area contributed by atoms with E-state index < -0.39 is 0 Å². The summed E-state index contributed by atoms with van der Waals surface area (Å²) in [6.45, 7) is 1.24. The van der Waals surface area contributed by atoms with E-state index in [2.05, 4.69) is 0 Å². The van der Waals surface area contributed by atoms with Gasteiger partial charge in [-0.25, -0.2) is 0 Å². The van der Waals surface area contributed by atoms with Gasteiger partial charge in [-0.1, -0.05) is 32.1 Å². The molecule has 0 amide bonds. The van der Waals surface area contributed by atoms with Crippen molar-refractivity contribution in [2.45, 2.75) is 44.9 Å². The highest BCUT2D eigenvalue weighted by atomic mass is 16.5. The summed E-state index contributed by atoms with van der Waals surface area (Å²) in [5, 5.41) is 0. The number of benzene rings is 1. The first-order valence-corrected chi connectivity index (χ1v) is 7.76. The minimum absolute atomic E-state index is 0.167. The Labute approximate surface area is 120 Å². The highest BCUT2D eigenvalue weighted by Crippen LogP contribution is 2.30. The molecular weight excluding hydrogens is 252 g/mol. The van der Waals surface area contributed by atoms with Crippen LogP contribution in [0.4, 0.5) is 0 Å². The summed E-state index contributed by atoms with van der Waals surface area (Å²) in [7, 11) is 0. The lowest BCUT2D eigenvalue weighted by atomic mass is 9.87. The van der Waals surface area contributed by atoms with Gasteiger partial charge in [-0.3, -0.25) is 4.79 Å². The maximum atomic E-state index is 11.7. The number of fused-ring (bicyclic) bond motifs is 1. The molecule has 20 heavy (non-hydrogen) atoms. The normalized spacial score (nSPS) is 19.3. The molecule has 3 rings (SSSR count). The van der Waals surface area contributed by atoms with Crippen molar-refractivity contribution in [3.63, 3.8) is 0 Å². The second kappa shape index (κ2) is 6.29. The number of rotatable bonds is 4. The maximum absolute atomic E-state index is 11.7. The smallest absolute Gasteiger partial charge is 0.169 e. The quantitative estimate of drug-likeness (QED) is 0.832. The summed E-state index contributed by atoms with van der Waals surface area (Å²) < 4.78 is 11.3. The van der Waals surface area contributed by atoms with Crippen molar-refractivity contribution in [2.75, 3.05) is 13.2 Å². The van der Waals surface area contributed by atoms with E-state index in [0.29, 0.717) is 24.3 Å². The fourth-order valence-corrected chi connectivity index (χ4v) is 3.15. The molecule has 1 aliphatic carbocycles. The van der Waals surface area contributed by atoms with Gasteiger partial charge < -0.3 is 9.47 Å². The van der Waals surface area contributed by atoms with Gasteiger partial charge in [0.25, 0.3) is 0 Å². The minimum Gasteiger partial charge on any atom is -0.493 e. The van der Waals surface area contributed by atoms with Crippen LogP contribution in [0.5, 0.6) is 11.5 Å². The second-order valence-electron chi connectivity index (χ2n) is 5.82. The van der Waals surface area contributed by atoms with Gasteiger partial charge in [0.2, 0.25) is 0 Å². The number of carbonyl (C=O) groups excluding carboxylic acids is 1. The highest BCUT2D eigenvalue weighted by molar-refractivity contribution is 5.99. The molecule has 1 fully saturated rings. The third-order valence-corrected chi connectivity index (χ3v) is 4.36. The molecule has 1 saturated carbocycles. The number of ketones is 1. The van der Waals surface area contributed by atoms with Gasteiger partial charge in [0.1, 0.15) is 11.5 Å². The van der Waals surface area contributed by atoms with Crippen LogP contribution in [0.1, 0.15) is 55.3 Å². The summed E-state index contributed by atoms with van der Waals surface area (Å²) >= 11 is 0. The van der Waals surface area contributed by atoms with Crippen LogP contribution in [-0.4, -0.2) is 19.0 Å². The van der Waals surface area contributed by atoms with Crippen molar-refractivity contribution >= 4 is 5.78 Å². The molecule has 3 nitrogen and oxygen atoms in total. The lowest BCUT2D eigenvalue weighted by Crippen LogP contribution is -2.15.